The minimum absolute atomic E-state index is 0.104. The summed E-state index contributed by atoms with van der Waals surface area (Å²) < 4.78 is 4.86. The standard InChI is InChI=1S/C9H14O4/c1-3-4-7(2)9(10)13-12-6-8-5-11-8/h8H,2-6H2,1H3. The molecule has 0 N–H and O–H groups in total. The van der Waals surface area contributed by atoms with E-state index in [0.717, 1.165) is 6.42 Å². The third kappa shape index (κ3) is 4.05. The third-order valence-electron chi connectivity index (χ3n) is 1.63. The van der Waals surface area contributed by atoms with E-state index in [-0.39, 0.29) is 6.10 Å². The molecule has 0 aliphatic carbocycles. The molecule has 1 atom stereocenters. The number of carbonyl (C=O) groups is 1. The van der Waals surface area contributed by atoms with Crippen LogP contribution in [-0.4, -0.2) is 25.3 Å². The molecule has 0 aromatic carbocycles. The van der Waals surface area contributed by atoms with Crippen LogP contribution >= 0.6 is 0 Å². The second-order valence-electron chi connectivity index (χ2n) is 2.96. The Balaban J connectivity index is 2.04. The van der Waals surface area contributed by atoms with E-state index in [2.05, 4.69) is 16.4 Å². The normalized spacial score (nSPS) is 19.6. The smallest absolute Gasteiger partial charge is 0.368 e. The molecule has 0 aromatic rings. The highest BCUT2D eigenvalue weighted by Crippen LogP contribution is 2.10. The SMILES string of the molecule is C=C(CCC)C(=O)OOCC1CO1. The molecule has 13 heavy (non-hydrogen) atoms. The number of ether oxygens (including phenoxy) is 1. The van der Waals surface area contributed by atoms with Gasteiger partial charge in [0.15, 0.2) is 0 Å². The molecule has 1 rings (SSSR count). The van der Waals surface area contributed by atoms with Gasteiger partial charge in [0, 0.05) is 5.57 Å². The molecule has 1 aliphatic rings. The second kappa shape index (κ2) is 4.99. The molecule has 74 valence electrons. The maximum absolute atomic E-state index is 11.0. The summed E-state index contributed by atoms with van der Waals surface area (Å²) in [5.41, 5.74) is 0.444. The Morgan fingerprint density at radius 3 is 2.92 bits per heavy atom. The van der Waals surface area contributed by atoms with Crippen LogP contribution < -0.4 is 0 Å². The summed E-state index contributed by atoms with van der Waals surface area (Å²) in [7, 11) is 0. The Hall–Kier alpha value is -0.870. The first kappa shape index (κ1) is 10.2. The largest absolute Gasteiger partial charge is 0.370 e. The van der Waals surface area contributed by atoms with Crippen molar-refractivity contribution >= 4 is 5.97 Å². The third-order valence-corrected chi connectivity index (χ3v) is 1.63. The molecule has 4 heteroatoms. The van der Waals surface area contributed by atoms with Gasteiger partial charge in [-0.1, -0.05) is 19.9 Å². The molecular weight excluding hydrogens is 172 g/mol. The van der Waals surface area contributed by atoms with Crippen LogP contribution in [0.4, 0.5) is 0 Å². The molecule has 0 aromatic heterocycles. The lowest BCUT2D eigenvalue weighted by Crippen LogP contribution is -2.10. The minimum atomic E-state index is -0.484. The molecule has 0 amide bonds. The summed E-state index contributed by atoms with van der Waals surface area (Å²) in [6.45, 7) is 6.54. The highest BCUT2D eigenvalue weighted by molar-refractivity contribution is 5.87. The number of hydrogen-bond donors (Lipinski definition) is 0. The Labute approximate surface area is 77.4 Å². The topological polar surface area (TPSA) is 48.1 Å². The van der Waals surface area contributed by atoms with E-state index < -0.39 is 5.97 Å². The van der Waals surface area contributed by atoms with E-state index in [9.17, 15) is 4.79 Å². The molecular formula is C9H14O4. The van der Waals surface area contributed by atoms with Crippen molar-refractivity contribution in [1.29, 1.82) is 0 Å². The van der Waals surface area contributed by atoms with Gasteiger partial charge in [0.2, 0.25) is 0 Å². The van der Waals surface area contributed by atoms with Gasteiger partial charge < -0.3 is 4.74 Å². The minimum Gasteiger partial charge on any atom is -0.370 e. The predicted octanol–water partition coefficient (Wildman–Crippen LogP) is 1.22. The van der Waals surface area contributed by atoms with Crippen molar-refractivity contribution in [3.63, 3.8) is 0 Å². The van der Waals surface area contributed by atoms with Gasteiger partial charge in [-0.2, -0.15) is 4.89 Å². The fourth-order valence-electron chi connectivity index (χ4n) is 0.790. The lowest BCUT2D eigenvalue weighted by molar-refractivity contribution is -0.269. The highest BCUT2D eigenvalue weighted by atomic mass is 17.2. The van der Waals surface area contributed by atoms with Crippen molar-refractivity contribution < 1.29 is 19.3 Å². The molecule has 1 unspecified atom stereocenters. The Bertz CT molecular complexity index is 196. The van der Waals surface area contributed by atoms with Gasteiger partial charge in [-0.05, 0) is 6.42 Å². The van der Waals surface area contributed by atoms with Crippen molar-refractivity contribution in [2.45, 2.75) is 25.9 Å². The van der Waals surface area contributed by atoms with E-state index in [0.29, 0.717) is 25.2 Å². The Kier molecular flexibility index (Phi) is 3.92. The lowest BCUT2D eigenvalue weighted by Gasteiger charge is -2.02. The van der Waals surface area contributed by atoms with E-state index >= 15 is 0 Å². The first-order valence-corrected chi connectivity index (χ1v) is 4.37. The predicted molar refractivity (Wildman–Crippen MR) is 45.8 cm³/mol. The van der Waals surface area contributed by atoms with Crippen LogP contribution in [0, 0.1) is 0 Å². The van der Waals surface area contributed by atoms with Gasteiger partial charge in [0.05, 0.1) is 6.61 Å². The summed E-state index contributed by atoms with van der Waals surface area (Å²) in [4.78, 5) is 20.2. The number of hydrogen-bond acceptors (Lipinski definition) is 4. The molecule has 0 spiro atoms. The van der Waals surface area contributed by atoms with Crippen molar-refractivity contribution in [3.8, 4) is 0 Å². The van der Waals surface area contributed by atoms with Gasteiger partial charge in [-0.3, -0.25) is 4.89 Å². The van der Waals surface area contributed by atoms with Crippen LogP contribution in [0.15, 0.2) is 12.2 Å². The van der Waals surface area contributed by atoms with Crippen LogP contribution in [0.1, 0.15) is 19.8 Å². The van der Waals surface area contributed by atoms with Crippen molar-refractivity contribution in [1.82, 2.24) is 0 Å². The highest BCUT2D eigenvalue weighted by Gasteiger charge is 2.23. The Morgan fingerprint density at radius 1 is 1.69 bits per heavy atom. The van der Waals surface area contributed by atoms with Crippen LogP contribution in [0.25, 0.3) is 0 Å². The van der Waals surface area contributed by atoms with Gasteiger partial charge in [0.1, 0.15) is 12.7 Å². The molecule has 0 saturated carbocycles. The average Bonchev–Trinajstić information content (AvgIpc) is 2.88. The van der Waals surface area contributed by atoms with Crippen LogP contribution in [0.5, 0.6) is 0 Å². The molecule has 4 nitrogen and oxygen atoms in total. The van der Waals surface area contributed by atoms with Crippen LogP contribution in [0.2, 0.25) is 0 Å². The van der Waals surface area contributed by atoms with E-state index in [1.54, 1.807) is 0 Å². The Morgan fingerprint density at radius 2 is 2.38 bits per heavy atom. The maximum atomic E-state index is 11.0. The van der Waals surface area contributed by atoms with Crippen LogP contribution in [0.3, 0.4) is 0 Å². The average molecular weight is 186 g/mol. The zero-order valence-corrected chi connectivity index (χ0v) is 7.75. The first-order valence-electron chi connectivity index (χ1n) is 4.37. The monoisotopic (exact) mass is 186 g/mol. The van der Waals surface area contributed by atoms with Crippen LogP contribution in [-0.2, 0) is 19.3 Å². The number of carbonyl (C=O) groups excluding carboxylic acids is 1. The number of epoxide rings is 1. The summed E-state index contributed by atoms with van der Waals surface area (Å²) >= 11 is 0. The molecule has 0 radical (unpaired) electrons. The summed E-state index contributed by atoms with van der Waals surface area (Å²) in [6, 6.07) is 0. The molecule has 1 fully saturated rings. The van der Waals surface area contributed by atoms with Gasteiger partial charge in [-0.25, -0.2) is 4.79 Å². The van der Waals surface area contributed by atoms with E-state index in [4.69, 9.17) is 4.74 Å². The molecule has 0 bridgehead atoms. The van der Waals surface area contributed by atoms with Crippen molar-refractivity contribution in [3.05, 3.63) is 12.2 Å². The summed E-state index contributed by atoms with van der Waals surface area (Å²) in [6.07, 6.45) is 1.62. The van der Waals surface area contributed by atoms with E-state index in [1.807, 2.05) is 6.92 Å². The molecule has 1 aliphatic heterocycles. The first-order chi connectivity index (χ1) is 6.24. The zero-order valence-electron chi connectivity index (χ0n) is 7.75. The maximum Gasteiger partial charge on any atom is 0.368 e. The van der Waals surface area contributed by atoms with E-state index in [1.165, 1.54) is 0 Å². The fraction of sp³-hybridized carbons (Fsp3) is 0.667. The second-order valence-corrected chi connectivity index (χ2v) is 2.96. The summed E-state index contributed by atoms with van der Waals surface area (Å²) in [5, 5.41) is 0. The quantitative estimate of drug-likeness (QED) is 0.271. The number of rotatable bonds is 6. The zero-order chi connectivity index (χ0) is 9.68. The fourth-order valence-corrected chi connectivity index (χ4v) is 0.790. The van der Waals surface area contributed by atoms with Gasteiger partial charge in [-0.15, -0.1) is 0 Å². The van der Waals surface area contributed by atoms with Gasteiger partial charge in [0.25, 0.3) is 0 Å². The lowest BCUT2D eigenvalue weighted by atomic mass is 10.2. The van der Waals surface area contributed by atoms with Crippen molar-refractivity contribution in [2.75, 3.05) is 13.2 Å². The van der Waals surface area contributed by atoms with Crippen molar-refractivity contribution in [2.24, 2.45) is 0 Å². The van der Waals surface area contributed by atoms with Gasteiger partial charge >= 0.3 is 5.97 Å². The summed E-state index contributed by atoms with van der Waals surface area (Å²) in [5.74, 6) is -0.484. The molecule has 1 saturated heterocycles. The molecule has 1 heterocycles.